The molecule has 1 saturated heterocycles. The van der Waals surface area contributed by atoms with E-state index in [-0.39, 0.29) is 11.6 Å². The molecule has 152 valence electrons. The molecule has 0 atom stereocenters. The number of ether oxygens (including phenoxy) is 1. The lowest BCUT2D eigenvalue weighted by Crippen LogP contribution is -2.33. The Morgan fingerprint density at radius 1 is 1.31 bits per heavy atom. The predicted octanol–water partition coefficient (Wildman–Crippen LogP) is 4.34. The van der Waals surface area contributed by atoms with Gasteiger partial charge in [0.05, 0.1) is 17.4 Å². The van der Waals surface area contributed by atoms with Crippen LogP contribution in [0.5, 0.6) is 0 Å². The van der Waals surface area contributed by atoms with Crippen molar-refractivity contribution in [2.75, 3.05) is 25.1 Å². The Morgan fingerprint density at radius 2 is 2.10 bits per heavy atom. The van der Waals surface area contributed by atoms with Crippen LogP contribution in [0.4, 0.5) is 15.9 Å². The molecule has 1 aromatic carbocycles. The Labute approximate surface area is 173 Å². The van der Waals surface area contributed by atoms with Gasteiger partial charge in [0.25, 0.3) is 5.91 Å². The first kappa shape index (κ1) is 19.7. The first-order valence-electron chi connectivity index (χ1n) is 9.58. The number of hydrogen-bond acceptors (Lipinski definition) is 4. The van der Waals surface area contributed by atoms with Gasteiger partial charge in [-0.3, -0.25) is 4.79 Å². The number of hydrogen-bond donors (Lipinski definition) is 2. The zero-order valence-electron chi connectivity index (χ0n) is 16.0. The number of anilines is 2. The lowest BCUT2D eigenvalue weighted by Gasteiger charge is -2.22. The highest BCUT2D eigenvalue weighted by molar-refractivity contribution is 6.30. The fourth-order valence-electron chi connectivity index (χ4n) is 3.55. The number of nitrogens with one attached hydrogen (secondary N) is 2. The van der Waals surface area contributed by atoms with Gasteiger partial charge in [0.15, 0.2) is 5.82 Å². The number of aromatic nitrogens is 2. The lowest BCUT2D eigenvalue weighted by molar-refractivity contribution is 0.0642. The van der Waals surface area contributed by atoms with Crippen molar-refractivity contribution in [2.45, 2.75) is 19.8 Å². The van der Waals surface area contributed by atoms with E-state index < -0.39 is 5.82 Å². The molecule has 3 aromatic rings. The van der Waals surface area contributed by atoms with Crippen molar-refractivity contribution in [3.05, 3.63) is 58.8 Å². The van der Waals surface area contributed by atoms with E-state index in [4.69, 9.17) is 16.3 Å². The number of fused-ring (bicyclic) bond motifs is 1. The Hall–Kier alpha value is -2.64. The molecule has 4 rings (SSSR count). The summed E-state index contributed by atoms with van der Waals surface area (Å²) in [5.74, 6) is 0.229. The number of carbonyl (C=O) groups excluding carboxylic acids is 1. The second kappa shape index (κ2) is 8.39. The summed E-state index contributed by atoms with van der Waals surface area (Å²) in [6.45, 7) is 4.00. The third-order valence-corrected chi connectivity index (χ3v) is 5.42. The van der Waals surface area contributed by atoms with Crippen LogP contribution in [0.25, 0.3) is 5.52 Å². The van der Waals surface area contributed by atoms with E-state index in [0.717, 1.165) is 31.7 Å². The van der Waals surface area contributed by atoms with E-state index in [0.29, 0.717) is 34.5 Å². The van der Waals surface area contributed by atoms with Gasteiger partial charge in [-0.1, -0.05) is 11.6 Å². The van der Waals surface area contributed by atoms with Gasteiger partial charge in [-0.25, -0.2) is 9.37 Å². The molecule has 8 heteroatoms. The number of nitrogens with zero attached hydrogens (tertiary/aromatic N) is 2. The summed E-state index contributed by atoms with van der Waals surface area (Å²) in [5.41, 5.74) is 2.28. The molecule has 1 fully saturated rings. The Bertz CT molecular complexity index is 1050. The van der Waals surface area contributed by atoms with Gasteiger partial charge in [0.1, 0.15) is 11.5 Å². The molecule has 0 unspecified atom stereocenters. The van der Waals surface area contributed by atoms with Crippen molar-refractivity contribution < 1.29 is 13.9 Å². The highest BCUT2D eigenvalue weighted by Crippen LogP contribution is 2.26. The number of halogens is 2. The van der Waals surface area contributed by atoms with Gasteiger partial charge in [-0.15, -0.1) is 0 Å². The number of amides is 1. The molecule has 0 bridgehead atoms. The Balaban J connectivity index is 1.59. The molecule has 0 saturated carbocycles. The van der Waals surface area contributed by atoms with Gasteiger partial charge in [-0.2, -0.15) is 0 Å². The summed E-state index contributed by atoms with van der Waals surface area (Å²) >= 11 is 5.82. The summed E-state index contributed by atoms with van der Waals surface area (Å²) < 4.78 is 21.4. The van der Waals surface area contributed by atoms with Gasteiger partial charge in [0.2, 0.25) is 0 Å². The molecule has 1 aliphatic rings. The average molecular weight is 417 g/mol. The summed E-state index contributed by atoms with van der Waals surface area (Å²) in [6, 6.07) is 8.15. The van der Waals surface area contributed by atoms with Crippen LogP contribution in [0.2, 0.25) is 5.02 Å². The molecule has 0 radical (unpaired) electrons. The summed E-state index contributed by atoms with van der Waals surface area (Å²) in [7, 11) is 0. The summed E-state index contributed by atoms with van der Waals surface area (Å²) in [6.07, 6.45) is 3.41. The molecule has 2 aromatic heterocycles. The summed E-state index contributed by atoms with van der Waals surface area (Å²) in [4.78, 5) is 17.2. The number of aryl methyl sites for hydroxylation is 1. The van der Waals surface area contributed by atoms with Crippen molar-refractivity contribution in [2.24, 2.45) is 5.92 Å². The van der Waals surface area contributed by atoms with E-state index in [9.17, 15) is 9.18 Å². The largest absolute Gasteiger partial charge is 0.381 e. The molecular weight excluding hydrogens is 395 g/mol. The predicted molar refractivity (Wildman–Crippen MR) is 110 cm³/mol. The molecule has 0 aliphatic carbocycles. The monoisotopic (exact) mass is 416 g/mol. The molecule has 0 spiro atoms. The molecule has 1 aliphatic heterocycles. The number of benzene rings is 1. The van der Waals surface area contributed by atoms with Crippen molar-refractivity contribution >= 4 is 34.5 Å². The topological polar surface area (TPSA) is 67.7 Å². The van der Waals surface area contributed by atoms with Gasteiger partial charge in [0, 0.05) is 30.5 Å². The molecule has 6 nitrogen and oxygen atoms in total. The highest BCUT2D eigenvalue weighted by atomic mass is 35.5. The molecule has 3 heterocycles. The van der Waals surface area contributed by atoms with Crippen molar-refractivity contribution in [3.63, 3.8) is 0 Å². The number of carbonyl (C=O) groups is 1. The van der Waals surface area contributed by atoms with Crippen LogP contribution in [0.3, 0.4) is 0 Å². The van der Waals surface area contributed by atoms with Crippen LogP contribution in [0.1, 0.15) is 29.0 Å². The maximum atomic E-state index is 14.2. The van der Waals surface area contributed by atoms with E-state index in [1.165, 1.54) is 12.3 Å². The van der Waals surface area contributed by atoms with Crippen LogP contribution >= 0.6 is 11.6 Å². The van der Waals surface area contributed by atoms with Gasteiger partial charge >= 0.3 is 0 Å². The minimum atomic E-state index is -0.473. The van der Waals surface area contributed by atoms with E-state index in [1.807, 2.05) is 23.5 Å². The molecule has 29 heavy (non-hydrogen) atoms. The third-order valence-electron chi connectivity index (χ3n) is 5.18. The van der Waals surface area contributed by atoms with Crippen LogP contribution in [-0.4, -0.2) is 35.1 Å². The van der Waals surface area contributed by atoms with Crippen molar-refractivity contribution in [3.8, 4) is 0 Å². The Kier molecular flexibility index (Phi) is 5.69. The SMILES string of the molecule is Cc1ccc2c(Nc3ccc(Cl)cc3F)ncc(C(=O)NCC3CCOCC3)n12. The third kappa shape index (κ3) is 4.21. The standard InChI is InChI=1S/C21H22ClFN4O2/c1-13-2-5-18-20(26-17-4-3-15(22)10-16(17)23)24-12-19(27(13)18)21(28)25-11-14-6-8-29-9-7-14/h2-5,10,12,14H,6-9,11H2,1H3,(H,24,26)(H,25,28). The zero-order valence-corrected chi connectivity index (χ0v) is 16.8. The van der Waals surface area contributed by atoms with Gasteiger partial charge in [-0.05, 0) is 56.0 Å². The van der Waals surface area contributed by atoms with Crippen LogP contribution in [0, 0.1) is 18.7 Å². The van der Waals surface area contributed by atoms with Crippen LogP contribution < -0.4 is 10.6 Å². The van der Waals surface area contributed by atoms with E-state index in [1.54, 1.807) is 12.1 Å². The lowest BCUT2D eigenvalue weighted by atomic mass is 10.0. The van der Waals surface area contributed by atoms with Crippen molar-refractivity contribution in [1.29, 1.82) is 0 Å². The second-order valence-electron chi connectivity index (χ2n) is 7.20. The molecule has 2 N–H and O–H groups in total. The van der Waals surface area contributed by atoms with E-state index in [2.05, 4.69) is 15.6 Å². The maximum Gasteiger partial charge on any atom is 0.269 e. The average Bonchev–Trinajstić information content (AvgIpc) is 3.11. The second-order valence-corrected chi connectivity index (χ2v) is 7.64. The number of rotatable bonds is 5. The van der Waals surface area contributed by atoms with Gasteiger partial charge < -0.3 is 19.8 Å². The normalized spacial score (nSPS) is 14.9. The molecule has 1 amide bonds. The fraction of sp³-hybridized carbons (Fsp3) is 0.333. The maximum absolute atomic E-state index is 14.2. The Morgan fingerprint density at radius 3 is 2.86 bits per heavy atom. The minimum absolute atomic E-state index is 0.183. The van der Waals surface area contributed by atoms with Crippen LogP contribution in [-0.2, 0) is 4.74 Å². The van der Waals surface area contributed by atoms with Crippen LogP contribution in [0.15, 0.2) is 36.5 Å². The van der Waals surface area contributed by atoms with E-state index >= 15 is 0 Å². The minimum Gasteiger partial charge on any atom is -0.381 e. The fourth-order valence-corrected chi connectivity index (χ4v) is 3.70. The highest BCUT2D eigenvalue weighted by Gasteiger charge is 2.19. The smallest absolute Gasteiger partial charge is 0.269 e. The van der Waals surface area contributed by atoms with Crippen molar-refractivity contribution in [1.82, 2.24) is 14.7 Å². The summed E-state index contributed by atoms with van der Waals surface area (Å²) in [5, 5.41) is 6.33. The first-order chi connectivity index (χ1) is 14.0. The zero-order chi connectivity index (χ0) is 20.4. The quantitative estimate of drug-likeness (QED) is 0.649. The molecular formula is C21H22ClFN4O2. The first-order valence-corrected chi connectivity index (χ1v) is 9.96.